The molecule has 0 aliphatic carbocycles. The highest BCUT2D eigenvalue weighted by molar-refractivity contribution is 7.95. The van der Waals surface area contributed by atoms with Crippen LogP contribution in [0.3, 0.4) is 0 Å². The Balaban J connectivity index is 2.81. The smallest absolute Gasteiger partial charge is 0.179 e. The minimum atomic E-state index is -3.56. The van der Waals surface area contributed by atoms with Gasteiger partial charge in [0, 0.05) is 12.3 Å². The summed E-state index contributed by atoms with van der Waals surface area (Å²) in [6.45, 7) is 2.09. The summed E-state index contributed by atoms with van der Waals surface area (Å²) in [6.07, 6.45) is 0.494. The first-order valence-electron chi connectivity index (χ1n) is 6.03. The molecule has 0 aliphatic heterocycles. The average molecular weight is 305 g/mol. The van der Waals surface area contributed by atoms with Gasteiger partial charge in [-0.15, -0.1) is 0 Å². The second kappa shape index (κ2) is 6.49. The molecule has 0 bridgehead atoms. The molecule has 0 aromatic heterocycles. The van der Waals surface area contributed by atoms with Gasteiger partial charge in [-0.3, -0.25) is 0 Å². The molecule has 0 saturated carbocycles. The van der Waals surface area contributed by atoms with Crippen LogP contribution in [0, 0.1) is 0 Å². The van der Waals surface area contributed by atoms with Crippen LogP contribution in [0.5, 0.6) is 0 Å². The summed E-state index contributed by atoms with van der Waals surface area (Å²) >= 11 is 0. The van der Waals surface area contributed by atoms with Crippen LogP contribution in [0.25, 0.3) is 0 Å². The van der Waals surface area contributed by atoms with E-state index >= 15 is 0 Å². The van der Waals surface area contributed by atoms with Gasteiger partial charge in [0.1, 0.15) is 0 Å². The normalized spacial score (nSPS) is 12.5. The van der Waals surface area contributed by atoms with E-state index < -0.39 is 19.7 Å². The second-order valence-electron chi connectivity index (χ2n) is 4.32. The number of rotatable bonds is 7. The Morgan fingerprint density at radius 3 is 2.00 bits per heavy atom. The summed E-state index contributed by atoms with van der Waals surface area (Å²) in [7, 11) is -6.84. The van der Waals surface area contributed by atoms with Gasteiger partial charge in [-0.1, -0.05) is 19.1 Å². The molecule has 7 heteroatoms. The van der Waals surface area contributed by atoms with Gasteiger partial charge in [0.2, 0.25) is 0 Å². The van der Waals surface area contributed by atoms with Crippen molar-refractivity contribution in [2.75, 3.05) is 17.3 Å². The molecule has 108 valence electrons. The summed E-state index contributed by atoms with van der Waals surface area (Å²) in [5.41, 5.74) is 6.26. The van der Waals surface area contributed by atoms with Gasteiger partial charge in [-0.25, -0.2) is 16.8 Å². The molecular weight excluding hydrogens is 286 g/mol. The third-order valence-electron chi connectivity index (χ3n) is 2.70. The van der Waals surface area contributed by atoms with Crippen molar-refractivity contribution in [3.05, 3.63) is 29.8 Å². The van der Waals surface area contributed by atoms with Gasteiger partial charge in [-0.2, -0.15) is 0 Å². The van der Waals surface area contributed by atoms with E-state index in [1.54, 1.807) is 19.1 Å². The molecular formula is C12H19NO4S2. The van der Waals surface area contributed by atoms with Crippen LogP contribution in [0.4, 0.5) is 0 Å². The predicted octanol–water partition coefficient (Wildman–Crippen LogP) is 0.744. The lowest BCUT2D eigenvalue weighted by Gasteiger charge is -2.06. The SMILES string of the molecule is CCCS(=O)(=O)CCS(=O)(=O)c1ccc(CN)cc1. The predicted molar refractivity (Wildman–Crippen MR) is 75.3 cm³/mol. The van der Waals surface area contributed by atoms with Gasteiger partial charge in [0.15, 0.2) is 19.7 Å². The van der Waals surface area contributed by atoms with Crippen molar-refractivity contribution < 1.29 is 16.8 Å². The molecule has 0 amide bonds. The molecule has 0 spiro atoms. The van der Waals surface area contributed by atoms with Crippen molar-refractivity contribution in [3.63, 3.8) is 0 Å². The van der Waals surface area contributed by atoms with Crippen LogP contribution >= 0.6 is 0 Å². The van der Waals surface area contributed by atoms with Crippen molar-refractivity contribution in [1.29, 1.82) is 0 Å². The molecule has 0 aliphatic rings. The van der Waals surface area contributed by atoms with E-state index in [4.69, 9.17) is 5.73 Å². The van der Waals surface area contributed by atoms with Crippen LogP contribution < -0.4 is 5.73 Å². The number of hydrogen-bond donors (Lipinski definition) is 1. The van der Waals surface area contributed by atoms with E-state index in [1.165, 1.54) is 12.1 Å². The van der Waals surface area contributed by atoms with Crippen molar-refractivity contribution in [2.45, 2.75) is 24.8 Å². The summed E-state index contributed by atoms with van der Waals surface area (Å²) in [4.78, 5) is 0.136. The highest BCUT2D eigenvalue weighted by atomic mass is 32.2. The van der Waals surface area contributed by atoms with Crippen molar-refractivity contribution in [2.24, 2.45) is 5.73 Å². The molecule has 0 saturated heterocycles. The topological polar surface area (TPSA) is 94.3 Å². The lowest BCUT2D eigenvalue weighted by molar-refractivity contribution is 0.587. The van der Waals surface area contributed by atoms with E-state index in [9.17, 15) is 16.8 Å². The van der Waals surface area contributed by atoms with Crippen LogP contribution in [-0.2, 0) is 26.2 Å². The number of benzene rings is 1. The van der Waals surface area contributed by atoms with Crippen molar-refractivity contribution >= 4 is 19.7 Å². The molecule has 1 aromatic rings. The second-order valence-corrected chi connectivity index (χ2v) is 8.73. The zero-order valence-corrected chi connectivity index (χ0v) is 12.5. The zero-order chi connectivity index (χ0) is 14.5. The fourth-order valence-corrected chi connectivity index (χ4v) is 5.11. The van der Waals surface area contributed by atoms with E-state index in [-0.39, 0.29) is 22.2 Å². The van der Waals surface area contributed by atoms with Crippen LogP contribution in [0.1, 0.15) is 18.9 Å². The fraction of sp³-hybridized carbons (Fsp3) is 0.500. The lowest BCUT2D eigenvalue weighted by Crippen LogP contribution is -2.19. The molecule has 0 fully saturated rings. The minimum Gasteiger partial charge on any atom is -0.326 e. The summed E-state index contributed by atoms with van der Waals surface area (Å²) in [5, 5.41) is 0. The maximum Gasteiger partial charge on any atom is 0.179 e. The van der Waals surface area contributed by atoms with Gasteiger partial charge in [-0.05, 0) is 24.1 Å². The Kier molecular flexibility index (Phi) is 5.51. The molecule has 0 radical (unpaired) electrons. The fourth-order valence-electron chi connectivity index (χ4n) is 1.60. The van der Waals surface area contributed by atoms with Crippen LogP contribution in [0.15, 0.2) is 29.2 Å². The number of hydrogen-bond acceptors (Lipinski definition) is 5. The van der Waals surface area contributed by atoms with E-state index in [0.717, 1.165) is 5.56 Å². The molecule has 5 nitrogen and oxygen atoms in total. The van der Waals surface area contributed by atoms with Crippen LogP contribution in [0.2, 0.25) is 0 Å². The average Bonchev–Trinajstić information content (AvgIpc) is 2.37. The largest absolute Gasteiger partial charge is 0.326 e. The number of sulfone groups is 2. The Morgan fingerprint density at radius 2 is 1.53 bits per heavy atom. The Hall–Kier alpha value is -0.920. The van der Waals surface area contributed by atoms with E-state index in [0.29, 0.717) is 13.0 Å². The number of nitrogens with two attached hydrogens (primary N) is 1. The Morgan fingerprint density at radius 1 is 0.947 bits per heavy atom. The summed E-state index contributed by atoms with van der Waals surface area (Å²) in [6, 6.07) is 6.19. The van der Waals surface area contributed by atoms with E-state index in [2.05, 4.69) is 0 Å². The maximum atomic E-state index is 12.0. The first-order chi connectivity index (χ1) is 8.80. The Labute approximate surface area is 114 Å². The molecule has 0 heterocycles. The summed E-state index contributed by atoms with van der Waals surface area (Å²) < 4.78 is 47.0. The lowest BCUT2D eigenvalue weighted by atomic mass is 10.2. The van der Waals surface area contributed by atoms with E-state index in [1.807, 2.05) is 0 Å². The molecule has 19 heavy (non-hydrogen) atoms. The first kappa shape index (κ1) is 16.1. The molecule has 0 unspecified atom stereocenters. The first-order valence-corrected chi connectivity index (χ1v) is 9.50. The van der Waals surface area contributed by atoms with Gasteiger partial charge >= 0.3 is 0 Å². The minimum absolute atomic E-state index is 0.0225. The highest BCUT2D eigenvalue weighted by Crippen LogP contribution is 2.13. The third-order valence-corrected chi connectivity index (χ3v) is 6.54. The van der Waals surface area contributed by atoms with Gasteiger partial charge < -0.3 is 5.73 Å². The standard InChI is InChI=1S/C12H19NO4S2/c1-2-7-18(14,15)8-9-19(16,17)12-5-3-11(10-13)4-6-12/h3-6H,2,7-10,13H2,1H3. The summed E-state index contributed by atoms with van der Waals surface area (Å²) in [5.74, 6) is -0.687. The maximum absolute atomic E-state index is 12.0. The third kappa shape index (κ3) is 4.93. The molecule has 1 rings (SSSR count). The van der Waals surface area contributed by atoms with Crippen molar-refractivity contribution in [3.8, 4) is 0 Å². The van der Waals surface area contributed by atoms with Crippen LogP contribution in [-0.4, -0.2) is 34.1 Å². The quantitative estimate of drug-likeness (QED) is 0.802. The zero-order valence-electron chi connectivity index (χ0n) is 10.9. The van der Waals surface area contributed by atoms with Gasteiger partial charge in [0.25, 0.3) is 0 Å². The molecule has 0 atom stereocenters. The highest BCUT2D eigenvalue weighted by Gasteiger charge is 2.19. The van der Waals surface area contributed by atoms with Gasteiger partial charge in [0.05, 0.1) is 16.4 Å². The Bertz CT molecular complexity index is 604. The van der Waals surface area contributed by atoms with Crippen molar-refractivity contribution in [1.82, 2.24) is 0 Å². The molecule has 1 aromatic carbocycles. The molecule has 2 N–H and O–H groups in total. The monoisotopic (exact) mass is 305 g/mol.